The molecule has 0 aliphatic rings. The molecule has 0 atom stereocenters. The third-order valence-electron chi connectivity index (χ3n) is 1.89. The first kappa shape index (κ1) is 12.0. The molecular weight excluding hydrogens is 268 g/mol. The van der Waals surface area contributed by atoms with Crippen LogP contribution in [0, 0.1) is 11.3 Å². The van der Waals surface area contributed by atoms with Gasteiger partial charge in [0.1, 0.15) is 10.3 Å². The maximum absolute atomic E-state index is 12.4. The van der Waals surface area contributed by atoms with Crippen molar-refractivity contribution in [2.75, 3.05) is 0 Å². The maximum atomic E-state index is 12.4. The molecule has 80 valence electrons. The Hall–Kier alpha value is -1.06. The molecule has 0 fully saturated rings. The van der Waals surface area contributed by atoms with Crippen LogP contribution in [0.25, 0.3) is 0 Å². The number of nitrogens with two attached hydrogens (primary N) is 1. The van der Waals surface area contributed by atoms with E-state index in [4.69, 9.17) is 11.0 Å². The van der Waals surface area contributed by atoms with Crippen LogP contribution in [0.15, 0.2) is 10.7 Å². The molecule has 0 saturated carbocycles. The summed E-state index contributed by atoms with van der Waals surface area (Å²) in [5.41, 5.74) is 6.18. The van der Waals surface area contributed by atoms with Gasteiger partial charge in [0.2, 0.25) is 0 Å². The van der Waals surface area contributed by atoms with E-state index in [0.29, 0.717) is 11.1 Å². The van der Waals surface area contributed by atoms with Gasteiger partial charge in [-0.05, 0) is 27.6 Å². The largest absolute Gasteiger partial charge is 0.326 e. The second-order valence-electron chi connectivity index (χ2n) is 2.82. The Morgan fingerprint density at radius 3 is 2.73 bits per heavy atom. The lowest BCUT2D eigenvalue weighted by atomic mass is 10.1. The monoisotopic (exact) mass is 275 g/mol. The minimum Gasteiger partial charge on any atom is -0.326 e. The molecule has 0 amide bonds. The summed E-state index contributed by atoms with van der Waals surface area (Å²) in [4.78, 5) is 3.66. The molecule has 6 heteroatoms. The first-order valence-corrected chi connectivity index (χ1v) is 4.92. The Balaban J connectivity index is 3.25. The Labute approximate surface area is 94.0 Å². The molecule has 0 aliphatic carbocycles. The van der Waals surface area contributed by atoms with E-state index in [9.17, 15) is 8.78 Å². The van der Waals surface area contributed by atoms with Crippen LogP contribution in [0.4, 0.5) is 8.78 Å². The lowest BCUT2D eigenvalue weighted by Gasteiger charge is -2.09. The molecule has 1 heterocycles. The fraction of sp³-hybridized carbons (Fsp3) is 0.333. The van der Waals surface area contributed by atoms with Gasteiger partial charge in [-0.25, -0.2) is 13.8 Å². The molecule has 0 radical (unpaired) electrons. The summed E-state index contributed by atoms with van der Waals surface area (Å²) < 4.78 is 25.0. The highest BCUT2D eigenvalue weighted by Crippen LogP contribution is 2.25. The average Bonchev–Trinajstić information content (AvgIpc) is 2.20. The molecule has 0 bridgehead atoms. The quantitative estimate of drug-likeness (QED) is 0.861. The standard InChI is InChI=1S/C9H8BrF2N3/c10-8-6(1-2-13)5(4-14)3-7(15-8)9(11)12/h3,9H,1,4,14H2. The Bertz CT molecular complexity index is 401. The Morgan fingerprint density at radius 2 is 2.27 bits per heavy atom. The molecular formula is C9H8BrF2N3. The van der Waals surface area contributed by atoms with Crippen LogP contribution in [0.2, 0.25) is 0 Å². The van der Waals surface area contributed by atoms with Crippen molar-refractivity contribution in [2.24, 2.45) is 5.73 Å². The fourth-order valence-corrected chi connectivity index (χ4v) is 1.77. The number of rotatable bonds is 3. The van der Waals surface area contributed by atoms with E-state index < -0.39 is 6.43 Å². The minimum atomic E-state index is -2.64. The summed E-state index contributed by atoms with van der Waals surface area (Å²) in [5, 5.41) is 8.56. The summed E-state index contributed by atoms with van der Waals surface area (Å²) in [6.07, 6.45) is -2.54. The zero-order chi connectivity index (χ0) is 11.4. The number of hydrogen-bond acceptors (Lipinski definition) is 3. The van der Waals surface area contributed by atoms with Crippen molar-refractivity contribution >= 4 is 15.9 Å². The highest BCUT2D eigenvalue weighted by Gasteiger charge is 2.15. The van der Waals surface area contributed by atoms with Crippen molar-refractivity contribution in [1.29, 1.82) is 5.26 Å². The number of aromatic nitrogens is 1. The zero-order valence-electron chi connectivity index (χ0n) is 7.67. The third-order valence-corrected chi connectivity index (χ3v) is 2.54. The highest BCUT2D eigenvalue weighted by molar-refractivity contribution is 9.10. The lowest BCUT2D eigenvalue weighted by Crippen LogP contribution is -2.06. The molecule has 3 nitrogen and oxygen atoms in total. The smallest absolute Gasteiger partial charge is 0.280 e. The second kappa shape index (κ2) is 5.14. The number of pyridine rings is 1. The van der Waals surface area contributed by atoms with Crippen molar-refractivity contribution < 1.29 is 8.78 Å². The lowest BCUT2D eigenvalue weighted by molar-refractivity contribution is 0.145. The van der Waals surface area contributed by atoms with Crippen LogP contribution in [-0.4, -0.2) is 4.98 Å². The molecule has 2 N–H and O–H groups in total. The van der Waals surface area contributed by atoms with E-state index >= 15 is 0 Å². The second-order valence-corrected chi connectivity index (χ2v) is 3.57. The van der Waals surface area contributed by atoms with Gasteiger partial charge in [-0.15, -0.1) is 0 Å². The number of nitrogens with zero attached hydrogens (tertiary/aromatic N) is 2. The van der Waals surface area contributed by atoms with Crippen molar-refractivity contribution in [1.82, 2.24) is 4.98 Å². The number of nitriles is 1. The van der Waals surface area contributed by atoms with Crippen LogP contribution >= 0.6 is 15.9 Å². The summed E-state index contributed by atoms with van der Waals surface area (Å²) in [6, 6.07) is 3.17. The summed E-state index contributed by atoms with van der Waals surface area (Å²) in [5.74, 6) is 0. The predicted octanol–water partition coefficient (Wildman–Crippen LogP) is 2.31. The van der Waals surface area contributed by atoms with E-state index in [2.05, 4.69) is 20.9 Å². The molecule has 0 unspecified atom stereocenters. The molecule has 1 aromatic rings. The van der Waals surface area contributed by atoms with Gasteiger partial charge in [0.15, 0.2) is 0 Å². The average molecular weight is 276 g/mol. The van der Waals surface area contributed by atoms with Crippen molar-refractivity contribution in [3.63, 3.8) is 0 Å². The van der Waals surface area contributed by atoms with Crippen LogP contribution in [-0.2, 0) is 13.0 Å². The minimum absolute atomic E-state index is 0.101. The van der Waals surface area contributed by atoms with Crippen molar-refractivity contribution in [2.45, 2.75) is 19.4 Å². The molecule has 0 spiro atoms. The summed E-state index contributed by atoms with van der Waals surface area (Å²) in [6.45, 7) is 0.109. The van der Waals surface area contributed by atoms with Gasteiger partial charge in [0.05, 0.1) is 12.5 Å². The van der Waals surface area contributed by atoms with Gasteiger partial charge in [0.25, 0.3) is 6.43 Å². The van der Waals surface area contributed by atoms with E-state index in [1.54, 1.807) is 0 Å². The predicted molar refractivity (Wildman–Crippen MR) is 54.1 cm³/mol. The van der Waals surface area contributed by atoms with E-state index in [1.165, 1.54) is 6.07 Å². The van der Waals surface area contributed by atoms with Crippen LogP contribution in [0.3, 0.4) is 0 Å². The van der Waals surface area contributed by atoms with Gasteiger partial charge in [-0.2, -0.15) is 5.26 Å². The molecule has 1 rings (SSSR count). The van der Waals surface area contributed by atoms with E-state index in [1.807, 2.05) is 6.07 Å². The van der Waals surface area contributed by atoms with Crippen LogP contribution in [0.1, 0.15) is 23.2 Å². The molecule has 0 aliphatic heterocycles. The SMILES string of the molecule is N#CCc1c(CN)cc(C(F)F)nc1Br. The van der Waals surface area contributed by atoms with Crippen LogP contribution < -0.4 is 5.73 Å². The fourth-order valence-electron chi connectivity index (χ4n) is 1.17. The van der Waals surface area contributed by atoms with Crippen molar-refractivity contribution in [3.8, 4) is 6.07 Å². The number of alkyl halides is 2. The van der Waals surface area contributed by atoms with Gasteiger partial charge < -0.3 is 5.73 Å². The zero-order valence-corrected chi connectivity index (χ0v) is 9.26. The molecule has 1 aromatic heterocycles. The maximum Gasteiger partial charge on any atom is 0.280 e. The van der Waals surface area contributed by atoms with Gasteiger partial charge in [-0.1, -0.05) is 0 Å². The topological polar surface area (TPSA) is 62.7 Å². The van der Waals surface area contributed by atoms with E-state index in [-0.39, 0.29) is 23.3 Å². The first-order chi connectivity index (χ1) is 7.10. The highest BCUT2D eigenvalue weighted by atomic mass is 79.9. The number of halogens is 3. The summed E-state index contributed by atoms with van der Waals surface area (Å²) >= 11 is 3.06. The van der Waals surface area contributed by atoms with Gasteiger partial charge in [-0.3, -0.25) is 0 Å². The van der Waals surface area contributed by atoms with Crippen LogP contribution in [0.5, 0.6) is 0 Å². The van der Waals surface area contributed by atoms with Gasteiger partial charge >= 0.3 is 0 Å². The van der Waals surface area contributed by atoms with E-state index in [0.717, 1.165) is 0 Å². The molecule has 0 aromatic carbocycles. The third kappa shape index (κ3) is 2.70. The summed E-state index contributed by atoms with van der Waals surface area (Å²) in [7, 11) is 0. The molecule has 0 saturated heterocycles. The Kier molecular flexibility index (Phi) is 4.12. The Morgan fingerprint density at radius 1 is 1.60 bits per heavy atom. The van der Waals surface area contributed by atoms with Gasteiger partial charge in [0, 0.05) is 12.1 Å². The molecule has 15 heavy (non-hydrogen) atoms. The normalized spacial score (nSPS) is 10.4. The first-order valence-electron chi connectivity index (χ1n) is 4.13. The van der Waals surface area contributed by atoms with Crippen molar-refractivity contribution in [3.05, 3.63) is 27.5 Å². The number of hydrogen-bond donors (Lipinski definition) is 1.